The maximum Gasteiger partial charge on any atom is 0.354 e. The molecule has 0 radical (unpaired) electrons. The summed E-state index contributed by atoms with van der Waals surface area (Å²) in [4.78, 5) is 21.4. The molecule has 4 nitrogen and oxygen atoms in total. The predicted octanol–water partition coefficient (Wildman–Crippen LogP) is 5.73. The van der Waals surface area contributed by atoms with Gasteiger partial charge in [-0.3, -0.25) is 0 Å². The summed E-state index contributed by atoms with van der Waals surface area (Å²) in [5, 5.41) is 10.6. The van der Waals surface area contributed by atoms with Crippen molar-refractivity contribution in [2.75, 3.05) is 0 Å². The van der Waals surface area contributed by atoms with E-state index in [9.17, 15) is 9.90 Å². The lowest BCUT2D eigenvalue weighted by Gasteiger charge is -2.06. The summed E-state index contributed by atoms with van der Waals surface area (Å²) in [6.45, 7) is 6.29. The van der Waals surface area contributed by atoms with Crippen molar-refractivity contribution in [3.05, 3.63) is 57.6 Å². The van der Waals surface area contributed by atoms with Gasteiger partial charge in [0.15, 0.2) is 0 Å². The normalized spacial score (nSPS) is 11.1. The number of hydrogen-bond donors (Lipinski definition) is 1. The van der Waals surface area contributed by atoms with E-state index in [-0.39, 0.29) is 5.69 Å². The van der Waals surface area contributed by atoms with Gasteiger partial charge >= 0.3 is 5.97 Å². The zero-order valence-corrected chi connectivity index (χ0v) is 16.4. The van der Waals surface area contributed by atoms with Crippen LogP contribution in [0.3, 0.4) is 0 Å². The van der Waals surface area contributed by atoms with E-state index in [2.05, 4.69) is 18.8 Å². The Bertz CT molecular complexity index is 966. The van der Waals surface area contributed by atoms with Crippen LogP contribution in [0.25, 0.3) is 22.0 Å². The maximum atomic E-state index is 11.2. The molecule has 0 unspecified atom stereocenters. The first-order valence-electron chi connectivity index (χ1n) is 8.32. The first-order valence-corrected chi connectivity index (χ1v) is 9.51. The summed E-state index contributed by atoms with van der Waals surface area (Å²) < 4.78 is 0. The molecule has 2 aromatic heterocycles. The second-order valence-electron chi connectivity index (χ2n) is 6.57. The zero-order chi connectivity index (χ0) is 18.8. The minimum atomic E-state index is -1.05. The quantitative estimate of drug-likeness (QED) is 0.608. The highest BCUT2D eigenvalue weighted by Gasteiger charge is 2.17. The Morgan fingerprint density at radius 3 is 2.65 bits per heavy atom. The van der Waals surface area contributed by atoms with Gasteiger partial charge in [0.25, 0.3) is 0 Å². The highest BCUT2D eigenvalue weighted by atomic mass is 35.5. The number of carboxylic acid groups (broad SMARTS) is 1. The van der Waals surface area contributed by atoms with Crippen LogP contribution in [0.2, 0.25) is 5.02 Å². The van der Waals surface area contributed by atoms with Crippen molar-refractivity contribution in [3.8, 4) is 22.0 Å². The molecule has 0 saturated heterocycles. The number of halogens is 1. The summed E-state index contributed by atoms with van der Waals surface area (Å²) in [6.07, 6.45) is 0.886. The molecule has 26 heavy (non-hydrogen) atoms. The highest BCUT2D eigenvalue weighted by molar-refractivity contribution is 7.15. The Balaban J connectivity index is 2.11. The number of aryl methyl sites for hydroxylation is 1. The van der Waals surface area contributed by atoms with Crippen LogP contribution >= 0.6 is 22.9 Å². The summed E-state index contributed by atoms with van der Waals surface area (Å²) >= 11 is 7.86. The SMILES string of the molecule is Cc1ccc(-c2nc(-c3cccc(C(=O)O)n3)sc2CC(C)C)cc1Cl. The molecule has 0 bridgehead atoms. The van der Waals surface area contributed by atoms with Crippen molar-refractivity contribution in [3.63, 3.8) is 0 Å². The molecule has 134 valence electrons. The van der Waals surface area contributed by atoms with Gasteiger partial charge in [-0.15, -0.1) is 11.3 Å². The number of rotatable bonds is 5. The Kier molecular flexibility index (Phi) is 5.39. The van der Waals surface area contributed by atoms with E-state index < -0.39 is 5.97 Å². The van der Waals surface area contributed by atoms with Gasteiger partial charge < -0.3 is 5.11 Å². The molecule has 2 heterocycles. The molecule has 0 saturated carbocycles. The molecule has 1 N–H and O–H groups in total. The van der Waals surface area contributed by atoms with Crippen LogP contribution in [-0.4, -0.2) is 21.0 Å². The van der Waals surface area contributed by atoms with E-state index in [0.29, 0.717) is 16.6 Å². The Morgan fingerprint density at radius 2 is 2.00 bits per heavy atom. The number of hydrogen-bond acceptors (Lipinski definition) is 4. The van der Waals surface area contributed by atoms with Crippen LogP contribution in [0.5, 0.6) is 0 Å². The topological polar surface area (TPSA) is 63.1 Å². The van der Waals surface area contributed by atoms with Crippen LogP contribution in [0.4, 0.5) is 0 Å². The molecule has 3 aromatic rings. The summed E-state index contributed by atoms with van der Waals surface area (Å²) in [6, 6.07) is 10.9. The van der Waals surface area contributed by atoms with Crippen LogP contribution in [0.15, 0.2) is 36.4 Å². The molecule has 0 aliphatic heterocycles. The number of nitrogens with zero attached hydrogens (tertiary/aromatic N) is 2. The smallest absolute Gasteiger partial charge is 0.354 e. The number of thiazole rings is 1. The third-order valence-corrected chi connectivity index (χ3v) is 5.43. The monoisotopic (exact) mass is 386 g/mol. The average Bonchev–Trinajstić information content (AvgIpc) is 3.00. The minimum absolute atomic E-state index is 0.0167. The lowest BCUT2D eigenvalue weighted by molar-refractivity contribution is 0.0690. The third-order valence-electron chi connectivity index (χ3n) is 3.92. The van der Waals surface area contributed by atoms with Crippen molar-refractivity contribution in [2.24, 2.45) is 5.92 Å². The summed E-state index contributed by atoms with van der Waals surface area (Å²) in [7, 11) is 0. The zero-order valence-electron chi connectivity index (χ0n) is 14.8. The van der Waals surface area contributed by atoms with Gasteiger partial charge in [-0.05, 0) is 43.0 Å². The molecule has 1 aromatic carbocycles. The molecular formula is C20H19ClN2O2S. The van der Waals surface area contributed by atoms with E-state index in [1.807, 2.05) is 25.1 Å². The van der Waals surface area contributed by atoms with E-state index in [1.165, 1.54) is 6.07 Å². The molecular weight excluding hydrogens is 368 g/mol. The fourth-order valence-electron chi connectivity index (χ4n) is 2.61. The molecule has 0 spiro atoms. The van der Waals surface area contributed by atoms with Crippen molar-refractivity contribution in [2.45, 2.75) is 27.2 Å². The molecule has 0 aliphatic carbocycles. The van der Waals surface area contributed by atoms with Gasteiger partial charge in [0, 0.05) is 15.5 Å². The van der Waals surface area contributed by atoms with Crippen molar-refractivity contribution in [1.29, 1.82) is 0 Å². The van der Waals surface area contributed by atoms with E-state index in [1.54, 1.807) is 23.5 Å². The van der Waals surface area contributed by atoms with Crippen molar-refractivity contribution in [1.82, 2.24) is 9.97 Å². The molecule has 0 fully saturated rings. The first kappa shape index (κ1) is 18.5. The number of carboxylic acids is 1. The average molecular weight is 387 g/mol. The maximum absolute atomic E-state index is 11.2. The molecule has 0 atom stereocenters. The van der Waals surface area contributed by atoms with Gasteiger partial charge in [-0.2, -0.15) is 0 Å². The first-order chi connectivity index (χ1) is 12.3. The molecule has 0 aliphatic rings. The predicted molar refractivity (Wildman–Crippen MR) is 106 cm³/mol. The summed E-state index contributed by atoms with van der Waals surface area (Å²) in [5.41, 5.74) is 3.47. The Hall–Kier alpha value is -2.24. The fraction of sp³-hybridized carbons (Fsp3) is 0.250. The number of pyridine rings is 1. The second-order valence-corrected chi connectivity index (χ2v) is 8.06. The van der Waals surface area contributed by atoms with E-state index in [0.717, 1.165) is 33.1 Å². The summed E-state index contributed by atoms with van der Waals surface area (Å²) in [5.74, 6) is -0.572. The van der Waals surface area contributed by atoms with Gasteiger partial charge in [-0.25, -0.2) is 14.8 Å². The highest BCUT2D eigenvalue weighted by Crippen LogP contribution is 2.36. The number of benzene rings is 1. The standard InChI is InChI=1S/C20H19ClN2O2S/c1-11(2)9-17-18(13-8-7-12(3)14(21)10-13)23-19(26-17)15-5-4-6-16(22-15)20(24)25/h4-8,10-11H,9H2,1-3H3,(H,24,25). The van der Waals surface area contributed by atoms with Crippen LogP contribution in [0, 0.1) is 12.8 Å². The van der Waals surface area contributed by atoms with Gasteiger partial charge in [0.1, 0.15) is 10.7 Å². The number of aromatic nitrogens is 2. The fourth-order valence-corrected chi connectivity index (χ4v) is 4.06. The van der Waals surface area contributed by atoms with E-state index >= 15 is 0 Å². The second kappa shape index (κ2) is 7.56. The molecule has 6 heteroatoms. The van der Waals surface area contributed by atoms with Gasteiger partial charge in [-0.1, -0.05) is 43.6 Å². The molecule has 0 amide bonds. The molecule has 3 rings (SSSR count). The lowest BCUT2D eigenvalue weighted by Crippen LogP contribution is -2.00. The lowest BCUT2D eigenvalue weighted by atomic mass is 10.0. The number of aromatic carboxylic acids is 1. The van der Waals surface area contributed by atoms with Crippen molar-refractivity contribution < 1.29 is 9.90 Å². The minimum Gasteiger partial charge on any atom is -0.477 e. The number of carbonyl (C=O) groups is 1. The van der Waals surface area contributed by atoms with Crippen LogP contribution in [-0.2, 0) is 6.42 Å². The largest absolute Gasteiger partial charge is 0.477 e. The van der Waals surface area contributed by atoms with Gasteiger partial charge in [0.2, 0.25) is 0 Å². The van der Waals surface area contributed by atoms with Crippen molar-refractivity contribution >= 4 is 28.9 Å². The van der Waals surface area contributed by atoms with E-state index in [4.69, 9.17) is 16.6 Å². The third kappa shape index (κ3) is 3.94. The Labute approximate surface area is 161 Å². The Morgan fingerprint density at radius 1 is 1.23 bits per heavy atom. The van der Waals surface area contributed by atoms with Crippen LogP contribution in [0.1, 0.15) is 34.8 Å². The van der Waals surface area contributed by atoms with Crippen LogP contribution < -0.4 is 0 Å². The van der Waals surface area contributed by atoms with Gasteiger partial charge in [0.05, 0.1) is 11.4 Å².